The van der Waals surface area contributed by atoms with Crippen molar-refractivity contribution >= 4 is 142 Å². The molecule has 27 aliphatic heterocycles. The van der Waals surface area contributed by atoms with Crippen LogP contribution < -0.4 is 0 Å². The summed E-state index contributed by atoms with van der Waals surface area (Å²) in [4.78, 5) is 95.1. The molecule has 27 aliphatic rings. The van der Waals surface area contributed by atoms with Crippen molar-refractivity contribution in [1.82, 2.24) is 0 Å². The maximum atomic E-state index is 12.1. The Morgan fingerprint density at radius 3 is 0.556 bits per heavy atom. The van der Waals surface area contributed by atoms with Gasteiger partial charge in [-0.3, -0.25) is 38.4 Å². The zero-order valence-electron chi connectivity index (χ0n) is 65.0. The summed E-state index contributed by atoms with van der Waals surface area (Å²) in [6.07, 6.45) is -79.1. The molecule has 0 aromatic heterocycles. The minimum absolute atomic E-state index is 0.0183. The predicted molar refractivity (Wildman–Crippen MR) is 422 cm³/mol. The number of hydrogen-bond acceptors (Lipinski definition) is 48. The molecule has 27 heterocycles. The minimum atomic E-state index is -2.39. The quantitative estimate of drug-likeness (QED) is 0.0297. The van der Waals surface area contributed by atoms with Gasteiger partial charge in [-0.2, -0.15) is 0 Å². The van der Waals surface area contributed by atoms with Gasteiger partial charge in [-0.25, -0.2) is 0 Å². The van der Waals surface area contributed by atoms with Gasteiger partial charge in [0.15, 0.2) is 50.3 Å². The predicted octanol–water partition coefficient (Wildman–Crippen LogP) is -9.38. The maximum absolute atomic E-state index is 12.1. The summed E-state index contributed by atoms with van der Waals surface area (Å²) in [6, 6.07) is 0. The standard InChI is InChI=1S/C68H104O48S8/c69-30(70)13-117-5-22-21-3-1-2-4-101-61-47(94)39(86)54(23(103-61)6-118-14-31(71)72)111-63-49(96)41(88)56(25(105-63)8-120-16-33(75)76)113-65-51(98)43(90)58(27(107-65)10-122-18-35(79)80)115-67-53(100)45(92)60(29(109-67)12-124-20-37(83)84)116-68-52(99)44(91)59(28(108-68)11-123-19-36(81)82)114-66-50(97)42(89)57(26(106-66)9-121-17-34(77)78)112-64-48(95)40(87)55(24(104-64)7-119-15-32(73)74)110-62(102-22)46(93)38(21)85/h21-29,38-68,85-100H,1-20H2,(H,69,70)(H,71,72)(H,73,74)(H,75,76)(H,77,78)(H,79,80)(H,81,82)(H,83,84). The Balaban J connectivity index is 1.06. The first-order valence-corrected chi connectivity index (χ1v) is 47.7. The van der Waals surface area contributed by atoms with Crippen LogP contribution in [0, 0.1) is 5.92 Å². The van der Waals surface area contributed by atoms with E-state index in [0.29, 0.717) is 70.6 Å². The van der Waals surface area contributed by atoms with Crippen LogP contribution in [-0.2, 0) is 114 Å². The van der Waals surface area contributed by atoms with Crippen LogP contribution in [0.15, 0.2) is 0 Å². The van der Waals surface area contributed by atoms with E-state index < -0.39 is 374 Å². The number of hydrogen-bond donors (Lipinski definition) is 24. The van der Waals surface area contributed by atoms with E-state index in [4.69, 9.17) is 75.8 Å². The Kier molecular flexibility index (Phi) is 42.2. The highest BCUT2D eigenvalue weighted by Crippen LogP contribution is 2.43. The molecule has 0 amide bonds. The van der Waals surface area contributed by atoms with Crippen LogP contribution in [0.1, 0.15) is 19.3 Å². The number of carboxylic acids is 8. The van der Waals surface area contributed by atoms with E-state index in [-0.39, 0.29) is 37.4 Å². The molecule has 0 radical (unpaired) electrons. The van der Waals surface area contributed by atoms with Gasteiger partial charge in [0.05, 0.1) is 101 Å². The summed E-state index contributed by atoms with van der Waals surface area (Å²) in [5, 5.41) is 269. The molecule has 0 saturated carbocycles. The van der Waals surface area contributed by atoms with Gasteiger partial charge in [0.1, 0.15) is 134 Å². The van der Waals surface area contributed by atoms with Crippen LogP contribution >= 0.6 is 94.1 Å². The SMILES string of the molecule is O=C(O)CSCC1OC2OC3C(CSCC(=O)O)OC(OC4C(CSCC(=O)O)OC(OC5C(CSCC(=O)O)OC(OC6C(CSCC(=O)O)OC(OC7C(CSCC(=O)O)OC(OC8C(CSCC(=O)O)OC(OC9C(CSCC(=O)O)OC(OCCCCC1C(O)C2O)C(O)C9O)C(O)C8O)C(O)C7O)C(O)C6O)C(O)C5O)C(O)C4O)C(O)C3O. The molecule has 56 heteroatoms. The average Bonchev–Trinajstić information content (AvgIpc) is 0.773. The van der Waals surface area contributed by atoms with Gasteiger partial charge in [0.25, 0.3) is 0 Å². The van der Waals surface area contributed by atoms with Crippen LogP contribution in [0.25, 0.3) is 0 Å². The van der Waals surface area contributed by atoms with Gasteiger partial charge in [0.2, 0.25) is 0 Å². The summed E-state index contributed by atoms with van der Waals surface area (Å²) in [5.41, 5.74) is 0. The average molecular weight is 1950 g/mol. The van der Waals surface area contributed by atoms with E-state index in [1.807, 2.05) is 0 Å². The first-order chi connectivity index (χ1) is 58.7. The molecule has 40 atom stereocenters. The number of ether oxygens (including phenoxy) is 16. The molecule has 712 valence electrons. The Morgan fingerprint density at radius 1 is 0.202 bits per heavy atom. The molecule has 0 spiro atoms. The molecular formula is C68H104O48S8. The van der Waals surface area contributed by atoms with E-state index in [0.717, 1.165) is 23.5 Å². The number of rotatable bonds is 32. The molecule has 27 saturated heterocycles. The number of aliphatic carboxylic acids is 8. The van der Waals surface area contributed by atoms with Crippen molar-refractivity contribution in [2.75, 3.05) is 98.7 Å². The first-order valence-electron chi connectivity index (χ1n) is 38.4. The highest BCUT2D eigenvalue weighted by Gasteiger charge is 2.60. The monoisotopic (exact) mass is 1940 g/mol. The van der Waals surface area contributed by atoms with Crippen molar-refractivity contribution in [2.45, 2.75) is 259 Å². The second-order valence-electron chi connectivity index (χ2n) is 29.7. The van der Waals surface area contributed by atoms with Crippen LogP contribution in [0.3, 0.4) is 0 Å². The molecule has 16 bridgehead atoms. The number of carboxylic acid groups (broad SMARTS) is 8. The van der Waals surface area contributed by atoms with Crippen LogP contribution in [0.4, 0.5) is 0 Å². The Hall–Kier alpha value is -2.72. The van der Waals surface area contributed by atoms with Gasteiger partial charge < -0.3 is 198 Å². The third kappa shape index (κ3) is 28.7. The summed E-state index contributed by atoms with van der Waals surface area (Å²) < 4.78 is 97.9. The summed E-state index contributed by atoms with van der Waals surface area (Å²) in [6.45, 7) is -0.326. The lowest BCUT2D eigenvalue weighted by Crippen LogP contribution is -2.68. The van der Waals surface area contributed by atoms with Crippen molar-refractivity contribution in [1.29, 1.82) is 0 Å². The molecule has 40 unspecified atom stereocenters. The van der Waals surface area contributed by atoms with Crippen LogP contribution in [0.2, 0.25) is 0 Å². The highest BCUT2D eigenvalue weighted by atomic mass is 32.2. The Morgan fingerprint density at radius 2 is 0.363 bits per heavy atom. The fourth-order valence-corrected chi connectivity index (χ4v) is 21.2. The molecule has 48 nitrogen and oxygen atoms in total. The van der Waals surface area contributed by atoms with E-state index in [1.54, 1.807) is 0 Å². The highest BCUT2D eigenvalue weighted by molar-refractivity contribution is 8.01. The Labute approximate surface area is 737 Å². The van der Waals surface area contributed by atoms with Gasteiger partial charge in [0, 0.05) is 58.5 Å². The summed E-state index contributed by atoms with van der Waals surface area (Å²) in [7, 11) is 0. The van der Waals surface area contributed by atoms with E-state index in [9.17, 15) is 161 Å². The second kappa shape index (κ2) is 49.9. The van der Waals surface area contributed by atoms with E-state index in [1.165, 1.54) is 0 Å². The Bertz CT molecular complexity index is 3360. The van der Waals surface area contributed by atoms with Gasteiger partial charge >= 0.3 is 47.8 Å². The number of aliphatic hydroxyl groups excluding tert-OH is 16. The maximum Gasteiger partial charge on any atom is 0.313 e. The fraction of sp³-hybridized carbons (Fsp3) is 0.882. The third-order valence-electron chi connectivity index (χ3n) is 20.7. The van der Waals surface area contributed by atoms with Gasteiger partial charge in [-0.05, 0) is 12.8 Å². The zero-order chi connectivity index (χ0) is 90.8. The summed E-state index contributed by atoms with van der Waals surface area (Å²) >= 11 is 5.33. The van der Waals surface area contributed by atoms with Gasteiger partial charge in [-0.15, -0.1) is 94.1 Å². The lowest BCUT2D eigenvalue weighted by atomic mass is 9.85. The molecule has 0 aliphatic carbocycles. The van der Waals surface area contributed by atoms with Crippen molar-refractivity contribution < 1.29 is 237 Å². The second-order valence-corrected chi connectivity index (χ2v) is 37.9. The van der Waals surface area contributed by atoms with E-state index >= 15 is 0 Å². The largest absolute Gasteiger partial charge is 0.481 e. The van der Waals surface area contributed by atoms with Crippen molar-refractivity contribution in [2.24, 2.45) is 5.92 Å². The van der Waals surface area contributed by atoms with Crippen molar-refractivity contribution in [3.8, 4) is 0 Å². The summed E-state index contributed by atoms with van der Waals surface area (Å²) in [5.74, 6) is -20.7. The molecular weight excluding hydrogens is 1840 g/mol. The fourth-order valence-electron chi connectivity index (χ4n) is 14.8. The van der Waals surface area contributed by atoms with Crippen molar-refractivity contribution in [3.63, 3.8) is 0 Å². The molecule has 124 heavy (non-hydrogen) atoms. The van der Waals surface area contributed by atoms with E-state index in [2.05, 4.69) is 0 Å². The van der Waals surface area contributed by atoms with Gasteiger partial charge in [-0.1, -0.05) is 6.42 Å². The molecule has 27 fully saturated rings. The third-order valence-corrected chi connectivity index (χ3v) is 28.8. The lowest BCUT2D eigenvalue weighted by molar-refractivity contribution is -0.391. The van der Waals surface area contributed by atoms with Crippen LogP contribution in [0.5, 0.6) is 0 Å². The first kappa shape index (κ1) is 105. The molecule has 27 rings (SSSR count). The smallest absolute Gasteiger partial charge is 0.313 e. The topological polar surface area (TPSA) is 770 Å². The molecule has 0 aromatic carbocycles. The lowest BCUT2D eigenvalue weighted by Gasteiger charge is -2.50. The molecule has 24 N–H and O–H groups in total. The zero-order valence-corrected chi connectivity index (χ0v) is 71.6. The minimum Gasteiger partial charge on any atom is -0.481 e. The number of carbonyl (C=O) groups is 8. The van der Waals surface area contributed by atoms with Crippen molar-refractivity contribution in [3.05, 3.63) is 0 Å². The molecule has 0 aromatic rings. The number of thioether (sulfide) groups is 8. The van der Waals surface area contributed by atoms with Crippen LogP contribution in [-0.4, -0.2) is 509 Å². The normalized spacial score (nSPS) is 42.8. The number of aliphatic hydroxyl groups is 16.